The Hall–Kier alpha value is -1.84. The first kappa shape index (κ1) is 16.0. The maximum Gasteiger partial charge on any atom is 0.282 e. The van der Waals surface area contributed by atoms with E-state index in [1.807, 2.05) is 13.0 Å². The van der Waals surface area contributed by atoms with Gasteiger partial charge in [-0.3, -0.25) is 0 Å². The van der Waals surface area contributed by atoms with Gasteiger partial charge in [0, 0.05) is 38.7 Å². The largest absolute Gasteiger partial charge is 0.343 e. The van der Waals surface area contributed by atoms with Gasteiger partial charge in [0.2, 0.25) is 0 Å². The van der Waals surface area contributed by atoms with E-state index in [9.17, 15) is 8.42 Å². The Bertz CT molecular complexity index is 788. The molecule has 1 N–H and O–H groups in total. The predicted octanol–water partition coefficient (Wildman–Crippen LogP) is 1.12. The molecule has 2 aromatic rings. The molecule has 0 spiro atoms. The molecule has 9 heteroatoms. The van der Waals surface area contributed by atoms with Gasteiger partial charge in [0.05, 0.1) is 6.04 Å². The molecule has 0 amide bonds. The smallest absolute Gasteiger partial charge is 0.282 e. The monoisotopic (exact) mass is 336 g/mol. The van der Waals surface area contributed by atoms with Crippen LogP contribution >= 0.6 is 0 Å². The van der Waals surface area contributed by atoms with Crippen LogP contribution < -0.4 is 0 Å². The molecule has 0 saturated carbocycles. The third kappa shape index (κ3) is 2.99. The molecule has 1 atom stereocenters. The van der Waals surface area contributed by atoms with Crippen molar-refractivity contribution in [2.45, 2.75) is 25.8 Å². The van der Waals surface area contributed by atoms with E-state index < -0.39 is 10.2 Å². The SMILES string of the molecule is Cc1cc(-c2ncc[nH]2)nc([C@H]2CCCN2S(=O)(=O)N(C)C)n1. The minimum absolute atomic E-state index is 0.337. The highest BCUT2D eigenvalue weighted by Crippen LogP contribution is 2.33. The number of nitrogens with zero attached hydrogens (tertiary/aromatic N) is 5. The second kappa shape index (κ2) is 5.99. The molecular weight excluding hydrogens is 316 g/mol. The first-order chi connectivity index (χ1) is 10.9. The van der Waals surface area contributed by atoms with Crippen molar-refractivity contribution in [3.8, 4) is 11.5 Å². The van der Waals surface area contributed by atoms with Crippen LogP contribution in [0, 0.1) is 6.92 Å². The normalized spacial score (nSPS) is 19.6. The molecule has 23 heavy (non-hydrogen) atoms. The summed E-state index contributed by atoms with van der Waals surface area (Å²) in [4.78, 5) is 16.2. The van der Waals surface area contributed by atoms with Crippen LogP contribution in [0.2, 0.25) is 0 Å². The van der Waals surface area contributed by atoms with E-state index in [-0.39, 0.29) is 6.04 Å². The van der Waals surface area contributed by atoms with Crippen molar-refractivity contribution in [2.24, 2.45) is 0 Å². The summed E-state index contributed by atoms with van der Waals surface area (Å²) in [6.07, 6.45) is 4.90. The molecule has 3 heterocycles. The zero-order valence-electron chi connectivity index (χ0n) is 13.4. The maximum absolute atomic E-state index is 12.5. The molecule has 8 nitrogen and oxygen atoms in total. The van der Waals surface area contributed by atoms with Gasteiger partial charge < -0.3 is 4.98 Å². The summed E-state index contributed by atoms with van der Waals surface area (Å²) in [6, 6.07) is 1.50. The van der Waals surface area contributed by atoms with Gasteiger partial charge in [-0.05, 0) is 25.8 Å². The van der Waals surface area contributed by atoms with Crippen molar-refractivity contribution in [3.63, 3.8) is 0 Å². The Morgan fingerprint density at radius 1 is 1.35 bits per heavy atom. The van der Waals surface area contributed by atoms with E-state index in [4.69, 9.17) is 0 Å². The van der Waals surface area contributed by atoms with Crippen molar-refractivity contribution < 1.29 is 8.42 Å². The highest BCUT2D eigenvalue weighted by atomic mass is 32.2. The van der Waals surface area contributed by atoms with E-state index in [1.165, 1.54) is 22.7 Å². The van der Waals surface area contributed by atoms with Crippen LogP contribution in [0.4, 0.5) is 0 Å². The van der Waals surface area contributed by atoms with Gasteiger partial charge in [0.25, 0.3) is 10.2 Å². The lowest BCUT2D eigenvalue weighted by Gasteiger charge is -2.26. The molecule has 2 aromatic heterocycles. The number of aryl methyl sites for hydroxylation is 1. The molecule has 0 aliphatic carbocycles. The summed E-state index contributed by atoms with van der Waals surface area (Å²) < 4.78 is 27.7. The number of H-pyrrole nitrogens is 1. The zero-order chi connectivity index (χ0) is 16.6. The van der Waals surface area contributed by atoms with Gasteiger partial charge in [0.1, 0.15) is 11.5 Å². The van der Waals surface area contributed by atoms with Crippen molar-refractivity contribution in [1.29, 1.82) is 0 Å². The standard InChI is InChI=1S/C14H20N6O2S/c1-10-9-11(13-15-6-7-16-13)18-14(17-10)12-5-4-8-20(12)23(21,22)19(2)3/h6-7,9,12H,4-5,8H2,1-3H3,(H,15,16)/t12-/m1/s1. The fourth-order valence-electron chi connectivity index (χ4n) is 2.75. The molecule has 1 aliphatic rings. The van der Waals surface area contributed by atoms with Gasteiger partial charge in [0.15, 0.2) is 5.82 Å². The fraction of sp³-hybridized carbons (Fsp3) is 0.500. The molecule has 0 aromatic carbocycles. The second-order valence-electron chi connectivity index (χ2n) is 5.75. The van der Waals surface area contributed by atoms with Gasteiger partial charge in [-0.15, -0.1) is 0 Å². The van der Waals surface area contributed by atoms with E-state index in [2.05, 4.69) is 19.9 Å². The van der Waals surface area contributed by atoms with Crippen molar-refractivity contribution in [3.05, 3.63) is 30.0 Å². The van der Waals surface area contributed by atoms with Gasteiger partial charge in [-0.1, -0.05) is 0 Å². The third-order valence-corrected chi connectivity index (χ3v) is 5.82. The second-order valence-corrected chi connectivity index (χ2v) is 7.84. The summed E-state index contributed by atoms with van der Waals surface area (Å²) in [6.45, 7) is 2.36. The summed E-state index contributed by atoms with van der Waals surface area (Å²) in [5.74, 6) is 1.18. The Morgan fingerprint density at radius 2 is 2.13 bits per heavy atom. The molecule has 1 aliphatic heterocycles. The molecule has 3 rings (SSSR count). The highest BCUT2D eigenvalue weighted by molar-refractivity contribution is 7.86. The number of imidazole rings is 1. The Labute approximate surface area is 135 Å². The van der Waals surface area contributed by atoms with E-state index >= 15 is 0 Å². The van der Waals surface area contributed by atoms with Crippen LogP contribution in [0.3, 0.4) is 0 Å². The molecule has 1 saturated heterocycles. The molecule has 0 unspecified atom stereocenters. The average molecular weight is 336 g/mol. The first-order valence-corrected chi connectivity index (χ1v) is 8.84. The van der Waals surface area contributed by atoms with Crippen LogP contribution in [-0.2, 0) is 10.2 Å². The molecule has 1 fully saturated rings. The molecule has 0 radical (unpaired) electrons. The Morgan fingerprint density at radius 3 is 2.78 bits per heavy atom. The predicted molar refractivity (Wildman–Crippen MR) is 85.6 cm³/mol. The van der Waals surface area contributed by atoms with Crippen LogP contribution in [0.1, 0.15) is 30.4 Å². The van der Waals surface area contributed by atoms with E-state index in [0.717, 1.165) is 12.1 Å². The van der Waals surface area contributed by atoms with Crippen molar-refractivity contribution in [2.75, 3.05) is 20.6 Å². The van der Waals surface area contributed by atoms with Crippen LogP contribution in [0.15, 0.2) is 18.5 Å². The number of aromatic amines is 1. The van der Waals surface area contributed by atoms with Crippen molar-refractivity contribution in [1.82, 2.24) is 28.5 Å². The minimum Gasteiger partial charge on any atom is -0.343 e. The summed E-state index contributed by atoms with van der Waals surface area (Å²) >= 11 is 0. The molecule has 0 bridgehead atoms. The molecule has 124 valence electrons. The molecular formula is C14H20N6O2S. The van der Waals surface area contributed by atoms with Gasteiger partial charge in [-0.25, -0.2) is 15.0 Å². The van der Waals surface area contributed by atoms with Crippen LogP contribution in [-0.4, -0.2) is 57.6 Å². The highest BCUT2D eigenvalue weighted by Gasteiger charge is 2.38. The maximum atomic E-state index is 12.5. The number of rotatable bonds is 4. The van der Waals surface area contributed by atoms with Gasteiger partial charge in [-0.2, -0.15) is 17.0 Å². The third-order valence-electron chi connectivity index (χ3n) is 3.87. The van der Waals surface area contributed by atoms with Crippen molar-refractivity contribution >= 4 is 10.2 Å². The van der Waals surface area contributed by atoms with Crippen LogP contribution in [0.25, 0.3) is 11.5 Å². The summed E-state index contributed by atoms with van der Waals surface area (Å²) in [7, 11) is -0.415. The lowest BCUT2D eigenvalue weighted by atomic mass is 10.2. The summed E-state index contributed by atoms with van der Waals surface area (Å²) in [5.41, 5.74) is 1.46. The van der Waals surface area contributed by atoms with E-state index in [0.29, 0.717) is 30.3 Å². The minimum atomic E-state index is -3.49. The number of hydrogen-bond acceptors (Lipinski definition) is 5. The lowest BCUT2D eigenvalue weighted by molar-refractivity contribution is 0.352. The fourth-order valence-corrected chi connectivity index (χ4v) is 4.05. The van der Waals surface area contributed by atoms with Gasteiger partial charge >= 0.3 is 0 Å². The quantitative estimate of drug-likeness (QED) is 0.903. The lowest BCUT2D eigenvalue weighted by Crippen LogP contribution is -2.40. The summed E-state index contributed by atoms with van der Waals surface area (Å²) in [5, 5.41) is 0. The number of hydrogen-bond donors (Lipinski definition) is 1. The van der Waals surface area contributed by atoms with Crippen LogP contribution in [0.5, 0.6) is 0 Å². The average Bonchev–Trinajstić information content (AvgIpc) is 3.18. The zero-order valence-corrected chi connectivity index (χ0v) is 14.2. The Balaban J connectivity index is 2.01. The number of nitrogens with one attached hydrogen (secondary N) is 1. The Kier molecular flexibility index (Phi) is 4.17. The number of aromatic nitrogens is 4. The topological polar surface area (TPSA) is 95.1 Å². The first-order valence-electron chi connectivity index (χ1n) is 7.44. The van der Waals surface area contributed by atoms with E-state index in [1.54, 1.807) is 12.4 Å².